The molecule has 2 atom stereocenters. The van der Waals surface area contributed by atoms with Crippen LogP contribution in [0.15, 0.2) is 4.52 Å². The third kappa shape index (κ3) is 2.65. The maximum absolute atomic E-state index is 9.70. The molecule has 0 aromatic carbocycles. The van der Waals surface area contributed by atoms with Crippen LogP contribution < -0.4 is 5.73 Å². The zero-order chi connectivity index (χ0) is 12.3. The van der Waals surface area contributed by atoms with Crippen molar-refractivity contribution in [2.75, 3.05) is 13.2 Å². The number of aromatic nitrogens is 2. The highest BCUT2D eigenvalue weighted by molar-refractivity contribution is 5.01. The van der Waals surface area contributed by atoms with Gasteiger partial charge >= 0.3 is 0 Å². The molecule has 0 bridgehead atoms. The fraction of sp³-hybridized carbons (Fsp3) is 0.818. The highest BCUT2D eigenvalue weighted by Crippen LogP contribution is 2.33. The van der Waals surface area contributed by atoms with E-state index in [1.165, 1.54) is 0 Å². The first-order chi connectivity index (χ1) is 8.15. The minimum absolute atomic E-state index is 0.223. The second-order valence-electron chi connectivity index (χ2n) is 4.59. The maximum Gasteiger partial charge on any atom is 0.255 e. The SMILES string of the molecule is CC1(c2noc(C(O)CCN)n2)CCCCO1. The molecule has 0 radical (unpaired) electrons. The molecule has 0 saturated carbocycles. The molecule has 96 valence electrons. The molecule has 6 nitrogen and oxygen atoms in total. The highest BCUT2D eigenvalue weighted by atomic mass is 16.5. The summed E-state index contributed by atoms with van der Waals surface area (Å²) in [4.78, 5) is 4.22. The van der Waals surface area contributed by atoms with Crippen LogP contribution in [0.1, 0.15) is 50.4 Å². The van der Waals surface area contributed by atoms with Crippen LogP contribution in [0.5, 0.6) is 0 Å². The van der Waals surface area contributed by atoms with Crippen molar-refractivity contribution in [3.05, 3.63) is 11.7 Å². The van der Waals surface area contributed by atoms with Gasteiger partial charge in [-0.1, -0.05) is 5.16 Å². The molecule has 0 spiro atoms. The van der Waals surface area contributed by atoms with E-state index in [-0.39, 0.29) is 5.89 Å². The summed E-state index contributed by atoms with van der Waals surface area (Å²) in [5.41, 5.74) is 4.88. The van der Waals surface area contributed by atoms with Gasteiger partial charge in [-0.25, -0.2) is 0 Å². The fourth-order valence-electron chi connectivity index (χ4n) is 1.98. The number of nitrogens with two attached hydrogens (primary N) is 1. The second kappa shape index (κ2) is 5.12. The number of nitrogens with zero attached hydrogens (tertiary/aromatic N) is 2. The lowest BCUT2D eigenvalue weighted by atomic mass is 9.95. The van der Waals surface area contributed by atoms with Crippen LogP contribution in [-0.2, 0) is 10.3 Å². The van der Waals surface area contributed by atoms with E-state index >= 15 is 0 Å². The fourth-order valence-corrected chi connectivity index (χ4v) is 1.98. The lowest BCUT2D eigenvalue weighted by Crippen LogP contribution is -2.31. The molecule has 1 aromatic rings. The molecule has 2 heterocycles. The molecule has 1 saturated heterocycles. The summed E-state index contributed by atoms with van der Waals surface area (Å²) in [6.45, 7) is 3.05. The topological polar surface area (TPSA) is 94.4 Å². The normalized spacial score (nSPS) is 27.0. The van der Waals surface area contributed by atoms with Crippen molar-refractivity contribution < 1.29 is 14.4 Å². The first-order valence-corrected chi connectivity index (χ1v) is 6.02. The molecule has 1 aliphatic heterocycles. The van der Waals surface area contributed by atoms with Gasteiger partial charge < -0.3 is 20.1 Å². The third-order valence-corrected chi connectivity index (χ3v) is 3.11. The molecular formula is C11H19N3O3. The van der Waals surface area contributed by atoms with Gasteiger partial charge in [0.15, 0.2) is 0 Å². The van der Waals surface area contributed by atoms with E-state index in [0.717, 1.165) is 19.3 Å². The van der Waals surface area contributed by atoms with Crippen molar-refractivity contribution in [3.63, 3.8) is 0 Å². The van der Waals surface area contributed by atoms with Gasteiger partial charge in [-0.15, -0.1) is 0 Å². The third-order valence-electron chi connectivity index (χ3n) is 3.11. The molecule has 6 heteroatoms. The van der Waals surface area contributed by atoms with E-state index in [1.807, 2.05) is 6.92 Å². The smallest absolute Gasteiger partial charge is 0.255 e. The van der Waals surface area contributed by atoms with Crippen molar-refractivity contribution in [3.8, 4) is 0 Å². The molecular weight excluding hydrogens is 222 g/mol. The predicted octanol–water partition coefficient (Wildman–Crippen LogP) is 0.868. The molecule has 17 heavy (non-hydrogen) atoms. The average Bonchev–Trinajstić information content (AvgIpc) is 2.80. The zero-order valence-electron chi connectivity index (χ0n) is 10.1. The van der Waals surface area contributed by atoms with Crippen molar-refractivity contribution in [2.24, 2.45) is 5.73 Å². The first-order valence-electron chi connectivity index (χ1n) is 6.02. The molecule has 3 N–H and O–H groups in total. The number of rotatable bonds is 4. The highest BCUT2D eigenvalue weighted by Gasteiger charge is 2.35. The Labute approximate surface area is 100 Å². The van der Waals surface area contributed by atoms with Gasteiger partial charge in [0.1, 0.15) is 11.7 Å². The van der Waals surface area contributed by atoms with Gasteiger partial charge in [-0.3, -0.25) is 0 Å². The van der Waals surface area contributed by atoms with Crippen molar-refractivity contribution in [2.45, 2.75) is 44.3 Å². The van der Waals surface area contributed by atoms with E-state index in [4.69, 9.17) is 15.0 Å². The number of hydrogen-bond donors (Lipinski definition) is 2. The van der Waals surface area contributed by atoms with Crippen LogP contribution in [0.4, 0.5) is 0 Å². The maximum atomic E-state index is 9.70. The van der Waals surface area contributed by atoms with Crippen LogP contribution in [0.3, 0.4) is 0 Å². The molecule has 2 unspecified atom stereocenters. The van der Waals surface area contributed by atoms with Crippen LogP contribution in [0.2, 0.25) is 0 Å². The Bertz CT molecular complexity index is 361. The van der Waals surface area contributed by atoms with Gasteiger partial charge in [0.05, 0.1) is 0 Å². The Morgan fingerprint density at radius 2 is 2.35 bits per heavy atom. The van der Waals surface area contributed by atoms with E-state index in [9.17, 15) is 5.11 Å². The van der Waals surface area contributed by atoms with Gasteiger partial charge in [0, 0.05) is 6.61 Å². The molecule has 0 aliphatic carbocycles. The second-order valence-corrected chi connectivity index (χ2v) is 4.59. The Morgan fingerprint density at radius 3 is 3.00 bits per heavy atom. The van der Waals surface area contributed by atoms with E-state index < -0.39 is 11.7 Å². The minimum Gasteiger partial charge on any atom is -0.383 e. The minimum atomic E-state index is -0.784. The van der Waals surface area contributed by atoms with Crippen molar-refractivity contribution in [1.82, 2.24) is 10.1 Å². The summed E-state index contributed by atoms with van der Waals surface area (Å²) in [7, 11) is 0. The Balaban J connectivity index is 2.11. The standard InChI is InChI=1S/C11H19N3O3/c1-11(5-2-3-7-16-11)10-13-9(17-14-10)8(15)4-6-12/h8,15H,2-7,12H2,1H3. The molecule has 1 fully saturated rings. The van der Waals surface area contributed by atoms with Crippen molar-refractivity contribution >= 4 is 0 Å². The Morgan fingerprint density at radius 1 is 1.53 bits per heavy atom. The van der Waals surface area contributed by atoms with Gasteiger partial charge in [-0.05, 0) is 39.2 Å². The summed E-state index contributed by atoms with van der Waals surface area (Å²) >= 11 is 0. The predicted molar refractivity (Wildman–Crippen MR) is 60.1 cm³/mol. The number of hydrogen-bond acceptors (Lipinski definition) is 6. The van der Waals surface area contributed by atoms with Gasteiger partial charge in [0.25, 0.3) is 5.89 Å². The largest absolute Gasteiger partial charge is 0.383 e. The summed E-state index contributed by atoms with van der Waals surface area (Å²) in [6.07, 6.45) is 2.66. The lowest BCUT2D eigenvalue weighted by Gasteiger charge is -2.30. The average molecular weight is 241 g/mol. The number of ether oxygens (including phenoxy) is 1. The van der Waals surface area contributed by atoms with Crippen LogP contribution >= 0.6 is 0 Å². The molecule has 1 aliphatic rings. The Hall–Kier alpha value is -0.980. The van der Waals surface area contributed by atoms with E-state index in [2.05, 4.69) is 10.1 Å². The summed E-state index contributed by atoms with van der Waals surface area (Å²) in [5.74, 6) is 0.740. The molecule has 0 amide bonds. The van der Waals surface area contributed by atoms with E-state index in [1.54, 1.807) is 0 Å². The number of aliphatic hydroxyl groups excluding tert-OH is 1. The van der Waals surface area contributed by atoms with Crippen LogP contribution in [-0.4, -0.2) is 28.4 Å². The zero-order valence-corrected chi connectivity index (χ0v) is 10.1. The van der Waals surface area contributed by atoms with Crippen LogP contribution in [0, 0.1) is 0 Å². The summed E-state index contributed by atoms with van der Waals surface area (Å²) < 4.78 is 10.8. The monoisotopic (exact) mass is 241 g/mol. The molecule has 1 aromatic heterocycles. The summed E-state index contributed by atoms with van der Waals surface area (Å²) in [5, 5.41) is 13.6. The quantitative estimate of drug-likeness (QED) is 0.812. The summed E-state index contributed by atoms with van der Waals surface area (Å²) in [6, 6.07) is 0. The van der Waals surface area contributed by atoms with E-state index in [0.29, 0.717) is 25.4 Å². The first kappa shape index (κ1) is 12.5. The molecule has 2 rings (SSSR count). The van der Waals surface area contributed by atoms with Gasteiger partial charge in [-0.2, -0.15) is 4.98 Å². The van der Waals surface area contributed by atoms with Crippen LogP contribution in [0.25, 0.3) is 0 Å². The van der Waals surface area contributed by atoms with Gasteiger partial charge in [0.2, 0.25) is 5.82 Å². The Kier molecular flexibility index (Phi) is 3.76. The number of aliphatic hydroxyl groups is 1. The van der Waals surface area contributed by atoms with Crippen molar-refractivity contribution in [1.29, 1.82) is 0 Å². The lowest BCUT2D eigenvalue weighted by molar-refractivity contribution is -0.0770.